The molecule has 17 heavy (non-hydrogen) atoms. The first-order chi connectivity index (χ1) is 7.89. The molecular formula is C11H9BrF3NO. The number of ketones is 1. The second kappa shape index (κ2) is 4.42. The summed E-state index contributed by atoms with van der Waals surface area (Å²) in [6.45, 7) is 0.371. The van der Waals surface area contributed by atoms with Gasteiger partial charge in [-0.15, -0.1) is 0 Å². The highest BCUT2D eigenvalue weighted by atomic mass is 79.9. The zero-order chi connectivity index (χ0) is 12.6. The Balaban J connectivity index is 2.39. The minimum absolute atomic E-state index is 0.371. The lowest BCUT2D eigenvalue weighted by Gasteiger charge is -2.26. The summed E-state index contributed by atoms with van der Waals surface area (Å²) in [6, 6.07) is 3.68. The van der Waals surface area contributed by atoms with E-state index in [4.69, 9.17) is 0 Å². The smallest absolute Gasteiger partial charge is 0.303 e. The predicted octanol–water partition coefficient (Wildman–Crippen LogP) is 2.77. The molecule has 6 heteroatoms. The van der Waals surface area contributed by atoms with Crippen molar-refractivity contribution in [1.29, 1.82) is 0 Å². The van der Waals surface area contributed by atoms with Gasteiger partial charge in [-0.3, -0.25) is 4.79 Å². The zero-order valence-electron chi connectivity index (χ0n) is 8.64. The van der Waals surface area contributed by atoms with Crippen molar-refractivity contribution in [2.24, 2.45) is 0 Å². The molecule has 1 heterocycles. The number of hydrogen-bond donors (Lipinski definition) is 1. The van der Waals surface area contributed by atoms with E-state index < -0.39 is 18.0 Å². The maximum atomic E-state index is 12.4. The minimum atomic E-state index is -4.81. The van der Waals surface area contributed by atoms with Gasteiger partial charge in [0.1, 0.15) is 6.04 Å². The molecule has 1 unspecified atom stereocenters. The highest BCUT2D eigenvalue weighted by molar-refractivity contribution is 9.10. The Labute approximate surface area is 104 Å². The Morgan fingerprint density at radius 2 is 2.12 bits per heavy atom. The van der Waals surface area contributed by atoms with Crippen LogP contribution in [0.1, 0.15) is 17.2 Å². The van der Waals surface area contributed by atoms with E-state index in [1.54, 1.807) is 18.2 Å². The summed E-state index contributed by atoms with van der Waals surface area (Å²) < 4.78 is 38.0. The molecule has 0 spiro atoms. The summed E-state index contributed by atoms with van der Waals surface area (Å²) >= 11 is 3.26. The maximum Gasteiger partial charge on any atom is 0.452 e. The molecule has 2 rings (SSSR count). The van der Waals surface area contributed by atoms with Crippen LogP contribution in [0, 0.1) is 0 Å². The summed E-state index contributed by atoms with van der Waals surface area (Å²) in [7, 11) is 0. The third-order valence-corrected chi connectivity index (χ3v) is 3.19. The highest BCUT2D eigenvalue weighted by Gasteiger charge is 2.44. The van der Waals surface area contributed by atoms with E-state index >= 15 is 0 Å². The molecule has 92 valence electrons. The SMILES string of the molecule is O=C(C1NCCc2cc(Br)ccc21)C(F)(F)F. The van der Waals surface area contributed by atoms with Crippen LogP contribution in [-0.4, -0.2) is 18.5 Å². The van der Waals surface area contributed by atoms with Gasteiger partial charge in [0, 0.05) is 11.0 Å². The number of benzene rings is 1. The van der Waals surface area contributed by atoms with Crippen LogP contribution in [0.15, 0.2) is 22.7 Å². The van der Waals surface area contributed by atoms with Crippen molar-refractivity contribution in [1.82, 2.24) is 5.32 Å². The first kappa shape index (κ1) is 12.6. The molecule has 0 aliphatic carbocycles. The molecule has 2 nitrogen and oxygen atoms in total. The van der Waals surface area contributed by atoms with Gasteiger partial charge in [0.25, 0.3) is 5.78 Å². The van der Waals surface area contributed by atoms with Gasteiger partial charge in [-0.1, -0.05) is 22.0 Å². The number of hydrogen-bond acceptors (Lipinski definition) is 2. The van der Waals surface area contributed by atoms with Crippen LogP contribution in [0.2, 0.25) is 0 Å². The van der Waals surface area contributed by atoms with E-state index in [-0.39, 0.29) is 0 Å². The van der Waals surface area contributed by atoms with Crippen molar-refractivity contribution in [3.8, 4) is 0 Å². The van der Waals surface area contributed by atoms with Crippen LogP contribution in [0.25, 0.3) is 0 Å². The van der Waals surface area contributed by atoms with Gasteiger partial charge >= 0.3 is 6.18 Å². The quantitative estimate of drug-likeness (QED) is 0.864. The lowest BCUT2D eigenvalue weighted by Crippen LogP contribution is -2.41. The molecule has 0 radical (unpaired) electrons. The summed E-state index contributed by atoms with van der Waals surface area (Å²) in [5.41, 5.74) is 1.20. The molecular weight excluding hydrogens is 299 g/mol. The standard InChI is InChI=1S/C11H9BrF3NO/c12-7-1-2-8-6(5-7)3-4-16-9(8)10(17)11(13,14)15/h1-2,5,9,16H,3-4H2. The number of carbonyl (C=O) groups is 1. The van der Waals surface area contributed by atoms with Gasteiger partial charge in [-0.25, -0.2) is 0 Å². The average molecular weight is 308 g/mol. The van der Waals surface area contributed by atoms with E-state index in [2.05, 4.69) is 21.2 Å². The van der Waals surface area contributed by atoms with Gasteiger partial charge in [0.2, 0.25) is 0 Å². The van der Waals surface area contributed by atoms with Crippen LogP contribution in [0.3, 0.4) is 0 Å². The summed E-state index contributed by atoms with van der Waals surface area (Å²) in [5.74, 6) is -1.74. The molecule has 0 bridgehead atoms. The molecule has 1 aromatic rings. The van der Waals surface area contributed by atoms with Crippen LogP contribution in [0.5, 0.6) is 0 Å². The van der Waals surface area contributed by atoms with Crippen molar-refractivity contribution in [3.63, 3.8) is 0 Å². The number of Topliss-reactive ketones (excluding diaryl/α,β-unsaturated/α-hetero) is 1. The maximum absolute atomic E-state index is 12.4. The highest BCUT2D eigenvalue weighted by Crippen LogP contribution is 2.31. The number of halogens is 4. The van der Waals surface area contributed by atoms with E-state index in [0.29, 0.717) is 18.5 Å². The van der Waals surface area contributed by atoms with Crippen molar-refractivity contribution in [3.05, 3.63) is 33.8 Å². The Morgan fingerprint density at radius 3 is 2.76 bits per heavy atom. The molecule has 0 aromatic heterocycles. The molecule has 1 N–H and O–H groups in total. The predicted molar refractivity (Wildman–Crippen MR) is 59.7 cm³/mol. The molecule has 1 aliphatic rings. The lowest BCUT2D eigenvalue weighted by atomic mass is 9.92. The molecule has 1 atom stereocenters. The van der Waals surface area contributed by atoms with Gasteiger partial charge < -0.3 is 5.32 Å². The number of nitrogens with one attached hydrogen (secondary N) is 1. The number of carbonyl (C=O) groups excluding carboxylic acids is 1. The normalized spacial score (nSPS) is 19.9. The van der Waals surface area contributed by atoms with Crippen LogP contribution >= 0.6 is 15.9 Å². The lowest BCUT2D eigenvalue weighted by molar-refractivity contribution is -0.173. The van der Waals surface area contributed by atoms with Gasteiger partial charge in [-0.2, -0.15) is 13.2 Å². The zero-order valence-corrected chi connectivity index (χ0v) is 10.2. The van der Waals surface area contributed by atoms with Crippen LogP contribution < -0.4 is 5.32 Å². The van der Waals surface area contributed by atoms with Crippen LogP contribution in [-0.2, 0) is 11.2 Å². The minimum Gasteiger partial charge on any atom is -0.303 e. The Hall–Kier alpha value is -0.880. The third kappa shape index (κ3) is 2.52. The fourth-order valence-electron chi connectivity index (χ4n) is 1.93. The van der Waals surface area contributed by atoms with Crippen molar-refractivity contribution in [2.75, 3.05) is 6.54 Å². The first-order valence-electron chi connectivity index (χ1n) is 5.02. The van der Waals surface area contributed by atoms with Crippen molar-refractivity contribution < 1.29 is 18.0 Å². The molecule has 1 aliphatic heterocycles. The molecule has 1 aromatic carbocycles. The van der Waals surface area contributed by atoms with Crippen molar-refractivity contribution in [2.45, 2.75) is 18.6 Å². The summed E-state index contributed by atoms with van der Waals surface area (Å²) in [5, 5.41) is 2.62. The Bertz CT molecular complexity index is 459. The second-order valence-electron chi connectivity index (χ2n) is 3.84. The van der Waals surface area contributed by atoms with E-state index in [0.717, 1.165) is 10.0 Å². The van der Waals surface area contributed by atoms with Gasteiger partial charge in [0.05, 0.1) is 0 Å². The number of alkyl halides is 3. The molecule has 0 fully saturated rings. The van der Waals surface area contributed by atoms with Gasteiger partial charge in [0.15, 0.2) is 0 Å². The van der Waals surface area contributed by atoms with Crippen molar-refractivity contribution >= 4 is 21.7 Å². The average Bonchev–Trinajstić information content (AvgIpc) is 2.25. The number of fused-ring (bicyclic) bond motifs is 1. The monoisotopic (exact) mass is 307 g/mol. The van der Waals surface area contributed by atoms with E-state index in [1.807, 2.05) is 0 Å². The second-order valence-corrected chi connectivity index (χ2v) is 4.76. The first-order valence-corrected chi connectivity index (χ1v) is 5.81. The Morgan fingerprint density at radius 1 is 1.41 bits per heavy atom. The third-order valence-electron chi connectivity index (χ3n) is 2.70. The topological polar surface area (TPSA) is 29.1 Å². The molecule has 0 saturated carbocycles. The molecule has 0 saturated heterocycles. The van der Waals surface area contributed by atoms with Gasteiger partial charge in [-0.05, 0) is 29.7 Å². The van der Waals surface area contributed by atoms with E-state index in [9.17, 15) is 18.0 Å². The Kier molecular flexibility index (Phi) is 3.27. The summed E-state index contributed by atoms with van der Waals surface area (Å²) in [4.78, 5) is 11.3. The van der Waals surface area contributed by atoms with E-state index in [1.165, 1.54) is 0 Å². The fraction of sp³-hybridized carbons (Fsp3) is 0.364. The fourth-order valence-corrected chi connectivity index (χ4v) is 2.34. The number of rotatable bonds is 1. The summed E-state index contributed by atoms with van der Waals surface area (Å²) in [6.07, 6.45) is -4.18. The molecule has 0 amide bonds. The largest absolute Gasteiger partial charge is 0.452 e. The van der Waals surface area contributed by atoms with Crippen LogP contribution in [0.4, 0.5) is 13.2 Å².